The van der Waals surface area contributed by atoms with E-state index in [2.05, 4.69) is 0 Å². The molecule has 0 fully saturated rings. The number of carbonyl (C=O) groups is 1. The fourth-order valence-electron chi connectivity index (χ4n) is 6.12. The lowest BCUT2D eigenvalue weighted by Crippen LogP contribution is -2.45. The first-order valence-corrected chi connectivity index (χ1v) is 13.7. The maximum Gasteiger partial charge on any atom is 0.418 e. The lowest BCUT2D eigenvalue weighted by atomic mass is 9.67. The van der Waals surface area contributed by atoms with Gasteiger partial charge in [-0.05, 0) is 65.9 Å². The number of alkyl halides is 3. The Labute approximate surface area is 246 Å². The molecule has 7 nitrogen and oxygen atoms in total. The standard InChI is InChI=1S/C33H29F3N2O5/c1-32(2)15-23-28(24(39)16-32)27(19-10-13-25-26(14-19)43-17-42-25)29(30(40)18-8-11-20(41-3)12-9-18)31(37)38(23)22-7-5-4-6-21(22)33(34,35)36/h4-14,27,37,40H,15-17H2,1-3H3/b30-29+,37-31?/t27-/m0/s1. The van der Waals surface area contributed by atoms with Gasteiger partial charge in [-0.25, -0.2) is 0 Å². The minimum absolute atomic E-state index is 0.00665. The van der Waals surface area contributed by atoms with Gasteiger partial charge in [-0.15, -0.1) is 0 Å². The van der Waals surface area contributed by atoms with Crippen molar-refractivity contribution in [3.8, 4) is 17.2 Å². The van der Waals surface area contributed by atoms with E-state index >= 15 is 0 Å². The Kier molecular flexibility index (Phi) is 6.75. The smallest absolute Gasteiger partial charge is 0.418 e. The monoisotopic (exact) mass is 590 g/mol. The van der Waals surface area contributed by atoms with Gasteiger partial charge in [-0.2, -0.15) is 13.2 Å². The highest BCUT2D eigenvalue weighted by Crippen LogP contribution is 2.53. The molecule has 2 heterocycles. The number of carbonyl (C=O) groups excluding carboxylic acids is 1. The van der Waals surface area contributed by atoms with Crippen LogP contribution in [0, 0.1) is 10.8 Å². The van der Waals surface area contributed by atoms with Gasteiger partial charge in [0.2, 0.25) is 6.79 Å². The predicted molar refractivity (Wildman–Crippen MR) is 155 cm³/mol. The van der Waals surface area contributed by atoms with Gasteiger partial charge in [0.25, 0.3) is 0 Å². The number of fused-ring (bicyclic) bond motifs is 1. The molecule has 1 aliphatic carbocycles. The molecule has 2 aliphatic heterocycles. The van der Waals surface area contributed by atoms with E-state index in [0.717, 1.165) is 6.07 Å². The number of methoxy groups -OCH3 is 1. The number of allylic oxidation sites excluding steroid dienone is 2. The van der Waals surface area contributed by atoms with E-state index in [1.54, 1.807) is 42.5 Å². The molecule has 222 valence electrons. The average molecular weight is 591 g/mol. The van der Waals surface area contributed by atoms with Crippen LogP contribution in [0.3, 0.4) is 0 Å². The maximum atomic E-state index is 14.4. The van der Waals surface area contributed by atoms with E-state index in [1.807, 2.05) is 13.8 Å². The number of nitrogens with zero attached hydrogens (tertiary/aromatic N) is 1. The Morgan fingerprint density at radius 1 is 1.02 bits per heavy atom. The van der Waals surface area contributed by atoms with Crippen molar-refractivity contribution < 1.29 is 37.3 Å². The summed E-state index contributed by atoms with van der Waals surface area (Å²) in [5.74, 6) is -0.463. The molecule has 2 N–H and O–H groups in total. The number of amidine groups is 1. The SMILES string of the molecule is COc1ccc(/C(O)=C2\C(=N)N(c3ccccc3C(F)(F)F)C3=C(C(=O)CC(C)(C)C3)[C@@H]2c2ccc3c(c2)OCO3)cc1. The number of anilines is 1. The molecular formula is C33H29F3N2O5. The van der Waals surface area contributed by atoms with Crippen molar-refractivity contribution in [2.45, 2.75) is 38.8 Å². The van der Waals surface area contributed by atoms with Crippen LogP contribution < -0.4 is 19.1 Å². The van der Waals surface area contributed by atoms with Crippen LogP contribution in [0.15, 0.2) is 83.6 Å². The third-order valence-corrected chi connectivity index (χ3v) is 8.02. The van der Waals surface area contributed by atoms with E-state index in [0.29, 0.717) is 34.1 Å². The number of aliphatic hydroxyl groups excluding tert-OH is 1. The normalized spacial score (nSPS) is 20.7. The lowest BCUT2D eigenvalue weighted by Gasteiger charge is -2.45. The molecule has 0 saturated heterocycles. The zero-order valence-corrected chi connectivity index (χ0v) is 23.7. The van der Waals surface area contributed by atoms with Crippen molar-refractivity contribution in [2.75, 3.05) is 18.8 Å². The number of benzene rings is 3. The third-order valence-electron chi connectivity index (χ3n) is 8.02. The summed E-state index contributed by atoms with van der Waals surface area (Å²) in [5.41, 5.74) is -0.447. The van der Waals surface area contributed by atoms with Gasteiger partial charge in [-0.1, -0.05) is 32.0 Å². The molecule has 0 aromatic heterocycles. The number of Topliss-reactive ketones (excluding diaryl/α,β-unsaturated/α-hetero) is 1. The van der Waals surface area contributed by atoms with Gasteiger partial charge in [-0.3, -0.25) is 15.1 Å². The van der Waals surface area contributed by atoms with Crippen molar-refractivity contribution >= 4 is 23.1 Å². The van der Waals surface area contributed by atoms with Crippen LogP contribution in [0.25, 0.3) is 5.76 Å². The Balaban J connectivity index is 1.68. The number of hydrogen-bond donors (Lipinski definition) is 2. The zero-order chi connectivity index (χ0) is 30.7. The number of hydrogen-bond acceptors (Lipinski definition) is 6. The van der Waals surface area contributed by atoms with Gasteiger partial charge in [0.1, 0.15) is 17.3 Å². The molecule has 0 spiro atoms. The van der Waals surface area contributed by atoms with Crippen LogP contribution in [0.1, 0.15) is 49.3 Å². The summed E-state index contributed by atoms with van der Waals surface area (Å²) in [7, 11) is 1.50. The summed E-state index contributed by atoms with van der Waals surface area (Å²) >= 11 is 0. The van der Waals surface area contributed by atoms with Crippen LogP contribution in [0.4, 0.5) is 18.9 Å². The van der Waals surface area contributed by atoms with Crippen molar-refractivity contribution in [3.05, 3.63) is 100 Å². The van der Waals surface area contributed by atoms with E-state index in [4.69, 9.17) is 14.2 Å². The average Bonchev–Trinajstić information content (AvgIpc) is 3.43. The second-order valence-corrected chi connectivity index (χ2v) is 11.5. The maximum absolute atomic E-state index is 14.4. The van der Waals surface area contributed by atoms with Gasteiger partial charge < -0.3 is 19.3 Å². The second-order valence-electron chi connectivity index (χ2n) is 11.5. The van der Waals surface area contributed by atoms with Crippen LogP contribution >= 0.6 is 0 Å². The summed E-state index contributed by atoms with van der Waals surface area (Å²) < 4.78 is 59.4. The van der Waals surface area contributed by atoms with Crippen LogP contribution in [-0.4, -0.2) is 30.6 Å². The van der Waals surface area contributed by atoms with E-state index in [-0.39, 0.29) is 53.8 Å². The highest BCUT2D eigenvalue weighted by Gasteiger charge is 2.48. The lowest BCUT2D eigenvalue weighted by molar-refractivity contribution is -0.137. The van der Waals surface area contributed by atoms with Crippen molar-refractivity contribution in [3.63, 3.8) is 0 Å². The highest BCUT2D eigenvalue weighted by atomic mass is 19.4. The number of aliphatic hydroxyl groups is 1. The van der Waals surface area contributed by atoms with E-state index in [9.17, 15) is 28.5 Å². The number of para-hydroxylation sites is 1. The van der Waals surface area contributed by atoms with Gasteiger partial charge in [0, 0.05) is 34.7 Å². The van der Waals surface area contributed by atoms with Gasteiger partial charge in [0.05, 0.1) is 18.4 Å². The van der Waals surface area contributed by atoms with Crippen LogP contribution in [-0.2, 0) is 11.0 Å². The molecule has 0 saturated carbocycles. The number of rotatable bonds is 4. The second kappa shape index (κ2) is 10.2. The fraction of sp³-hybridized carbons (Fsp3) is 0.273. The minimum Gasteiger partial charge on any atom is -0.507 e. The molecule has 0 amide bonds. The molecule has 10 heteroatoms. The first kappa shape index (κ1) is 28.4. The molecule has 3 aromatic rings. The molecule has 0 bridgehead atoms. The minimum atomic E-state index is -4.73. The Bertz CT molecular complexity index is 1710. The molecule has 0 radical (unpaired) electrons. The first-order valence-electron chi connectivity index (χ1n) is 13.7. The molecule has 0 unspecified atom stereocenters. The third kappa shape index (κ3) is 4.90. The van der Waals surface area contributed by atoms with E-state index in [1.165, 1.54) is 30.2 Å². The van der Waals surface area contributed by atoms with Gasteiger partial charge >= 0.3 is 6.18 Å². The highest BCUT2D eigenvalue weighted by molar-refractivity contribution is 6.20. The Morgan fingerprint density at radius 2 is 1.72 bits per heavy atom. The summed E-state index contributed by atoms with van der Waals surface area (Å²) in [4.78, 5) is 15.3. The van der Waals surface area contributed by atoms with E-state index < -0.39 is 23.1 Å². The zero-order valence-electron chi connectivity index (χ0n) is 23.7. The van der Waals surface area contributed by atoms with Crippen LogP contribution in [0.2, 0.25) is 0 Å². The first-order chi connectivity index (χ1) is 20.4. The van der Waals surface area contributed by atoms with Crippen molar-refractivity contribution in [1.29, 1.82) is 5.41 Å². The summed E-state index contributed by atoms with van der Waals surface area (Å²) in [5, 5.41) is 21.3. The molecule has 1 atom stereocenters. The number of ketones is 1. The number of nitrogens with one attached hydrogen (secondary N) is 1. The quantitative estimate of drug-likeness (QED) is 0.304. The van der Waals surface area contributed by atoms with Crippen molar-refractivity contribution in [1.82, 2.24) is 0 Å². The summed E-state index contributed by atoms with van der Waals surface area (Å²) in [6, 6.07) is 16.5. The number of halogens is 3. The fourth-order valence-corrected chi connectivity index (χ4v) is 6.12. The molecule has 3 aliphatic rings. The Hall–Kier alpha value is -4.73. The Morgan fingerprint density at radius 3 is 2.42 bits per heavy atom. The van der Waals surface area contributed by atoms with Crippen molar-refractivity contribution in [2.24, 2.45) is 5.41 Å². The summed E-state index contributed by atoms with van der Waals surface area (Å²) in [6.07, 6.45) is -4.35. The molecule has 6 rings (SSSR count). The molecular weight excluding hydrogens is 561 g/mol. The van der Waals surface area contributed by atoms with Gasteiger partial charge in [0.15, 0.2) is 17.3 Å². The molecule has 3 aromatic carbocycles. The topological polar surface area (TPSA) is 92.1 Å². The number of ether oxygens (including phenoxy) is 3. The molecule has 43 heavy (non-hydrogen) atoms. The largest absolute Gasteiger partial charge is 0.507 e. The summed E-state index contributed by atoms with van der Waals surface area (Å²) in [6.45, 7) is 3.77. The predicted octanol–water partition coefficient (Wildman–Crippen LogP) is 7.64. The van der Waals surface area contributed by atoms with Crippen LogP contribution in [0.5, 0.6) is 17.2 Å².